The number of anilines is 2. The van der Waals surface area contributed by atoms with Crippen molar-refractivity contribution in [1.29, 1.82) is 0 Å². The second-order valence-corrected chi connectivity index (χ2v) is 8.55. The van der Waals surface area contributed by atoms with Gasteiger partial charge in [0.25, 0.3) is 0 Å². The number of carbonyl (C=O) groups excluding carboxylic acids is 1. The molecule has 0 aliphatic carbocycles. The second-order valence-electron chi connectivity index (χ2n) is 6.57. The van der Waals surface area contributed by atoms with Crippen LogP contribution in [-0.2, 0) is 14.6 Å². The molecule has 1 fully saturated rings. The number of carbonyl (C=O) groups is 1. The summed E-state index contributed by atoms with van der Waals surface area (Å²) in [5.41, 5.74) is 1.04. The van der Waals surface area contributed by atoms with Gasteiger partial charge in [-0.15, -0.1) is 0 Å². The van der Waals surface area contributed by atoms with Crippen LogP contribution >= 0.6 is 0 Å². The molecule has 1 saturated heterocycles. The van der Waals surface area contributed by atoms with Gasteiger partial charge < -0.3 is 10.2 Å². The van der Waals surface area contributed by atoms with Gasteiger partial charge >= 0.3 is 0 Å². The van der Waals surface area contributed by atoms with Crippen LogP contribution in [0.4, 0.5) is 11.6 Å². The number of hydrogen-bond donors (Lipinski definition) is 1. The quantitative estimate of drug-likeness (QED) is 0.880. The van der Waals surface area contributed by atoms with E-state index >= 15 is 0 Å². The van der Waals surface area contributed by atoms with E-state index in [1.54, 1.807) is 30.6 Å². The Morgan fingerprint density at radius 2 is 1.92 bits per heavy atom. The number of hydrogen-bond acceptors (Lipinski definition) is 6. The number of nitrogens with one attached hydrogen (secondary N) is 1. The third-order valence-corrected chi connectivity index (χ3v) is 5.60. The summed E-state index contributed by atoms with van der Waals surface area (Å²) in [7, 11) is -3.35. The lowest BCUT2D eigenvalue weighted by molar-refractivity contribution is -0.120. The summed E-state index contributed by atoms with van der Waals surface area (Å²) in [6.07, 6.45) is 5.76. The maximum Gasteiger partial charge on any atom is 0.228 e. The molecule has 0 bridgehead atoms. The highest BCUT2D eigenvalue weighted by atomic mass is 32.2. The summed E-state index contributed by atoms with van der Waals surface area (Å²) in [5, 5.41) is 2.85. The van der Waals surface area contributed by atoms with Crippen molar-refractivity contribution < 1.29 is 13.2 Å². The van der Waals surface area contributed by atoms with Crippen molar-refractivity contribution in [2.75, 3.05) is 29.6 Å². The number of piperidine rings is 1. The van der Waals surface area contributed by atoms with Crippen molar-refractivity contribution in [2.45, 2.75) is 24.7 Å². The molecule has 1 N–H and O–H groups in total. The molecule has 26 heavy (non-hydrogen) atoms. The van der Waals surface area contributed by atoms with Crippen molar-refractivity contribution in [3.63, 3.8) is 0 Å². The van der Waals surface area contributed by atoms with Crippen molar-refractivity contribution >= 4 is 27.4 Å². The molecule has 1 amide bonds. The first-order chi connectivity index (χ1) is 12.3. The van der Waals surface area contributed by atoms with Crippen LogP contribution in [0.15, 0.2) is 41.6 Å². The van der Waals surface area contributed by atoms with Gasteiger partial charge in [-0.25, -0.2) is 18.4 Å². The zero-order valence-electron chi connectivity index (χ0n) is 14.8. The lowest BCUT2D eigenvalue weighted by Gasteiger charge is -2.32. The van der Waals surface area contributed by atoms with E-state index in [0.717, 1.165) is 5.56 Å². The molecule has 2 aromatic heterocycles. The molecule has 8 heteroatoms. The van der Waals surface area contributed by atoms with Crippen LogP contribution in [0.5, 0.6) is 0 Å². The maximum absolute atomic E-state index is 12.4. The molecule has 1 aliphatic rings. The zero-order valence-corrected chi connectivity index (χ0v) is 15.7. The highest BCUT2D eigenvalue weighted by molar-refractivity contribution is 7.90. The average Bonchev–Trinajstić information content (AvgIpc) is 2.63. The molecule has 0 spiro atoms. The molecule has 0 unspecified atom stereocenters. The molecular weight excluding hydrogens is 352 g/mol. The fourth-order valence-electron chi connectivity index (χ4n) is 3.03. The van der Waals surface area contributed by atoms with E-state index in [1.165, 1.54) is 6.26 Å². The Morgan fingerprint density at radius 1 is 1.19 bits per heavy atom. The average molecular weight is 374 g/mol. The van der Waals surface area contributed by atoms with Gasteiger partial charge in [-0.2, -0.15) is 0 Å². The Hall–Kier alpha value is -2.48. The number of aryl methyl sites for hydroxylation is 1. The zero-order chi connectivity index (χ0) is 18.7. The summed E-state index contributed by atoms with van der Waals surface area (Å²) >= 11 is 0. The number of rotatable bonds is 4. The smallest absolute Gasteiger partial charge is 0.228 e. The SMILES string of the molecule is Cc1ccc(NC(=O)C2CCN(c3ncccc3S(C)(=O)=O)CC2)nc1. The van der Waals surface area contributed by atoms with E-state index in [-0.39, 0.29) is 16.7 Å². The molecule has 3 rings (SSSR count). The van der Waals surface area contributed by atoms with Gasteiger partial charge in [0.15, 0.2) is 9.84 Å². The Balaban J connectivity index is 1.64. The first-order valence-electron chi connectivity index (χ1n) is 8.48. The predicted octanol–water partition coefficient (Wildman–Crippen LogP) is 2.04. The van der Waals surface area contributed by atoms with Gasteiger partial charge in [-0.1, -0.05) is 6.07 Å². The first kappa shape index (κ1) is 18.3. The second kappa shape index (κ2) is 7.41. The van der Waals surface area contributed by atoms with Gasteiger partial charge in [0, 0.05) is 37.7 Å². The van der Waals surface area contributed by atoms with Crippen molar-refractivity contribution in [3.8, 4) is 0 Å². The lowest BCUT2D eigenvalue weighted by Crippen LogP contribution is -2.39. The van der Waals surface area contributed by atoms with Gasteiger partial charge in [-0.05, 0) is 43.5 Å². The Kier molecular flexibility index (Phi) is 5.22. The van der Waals surface area contributed by atoms with Crippen molar-refractivity contribution in [1.82, 2.24) is 9.97 Å². The van der Waals surface area contributed by atoms with Gasteiger partial charge in [0.2, 0.25) is 5.91 Å². The number of nitrogens with zero attached hydrogens (tertiary/aromatic N) is 3. The van der Waals surface area contributed by atoms with Gasteiger partial charge in [0.05, 0.1) is 0 Å². The molecule has 138 valence electrons. The van der Waals surface area contributed by atoms with E-state index < -0.39 is 9.84 Å². The lowest BCUT2D eigenvalue weighted by atomic mass is 9.96. The van der Waals surface area contributed by atoms with Crippen LogP contribution < -0.4 is 10.2 Å². The van der Waals surface area contributed by atoms with Crippen molar-refractivity contribution in [3.05, 3.63) is 42.2 Å². The molecule has 7 nitrogen and oxygen atoms in total. The molecule has 0 atom stereocenters. The molecule has 3 heterocycles. The number of pyridine rings is 2. The molecule has 0 aromatic carbocycles. The molecular formula is C18H22N4O3S. The van der Waals surface area contributed by atoms with Gasteiger partial charge in [0.1, 0.15) is 16.5 Å². The van der Waals surface area contributed by atoms with Crippen LogP contribution in [0.1, 0.15) is 18.4 Å². The molecule has 0 radical (unpaired) electrons. The molecule has 1 aliphatic heterocycles. The first-order valence-corrected chi connectivity index (χ1v) is 10.4. The Morgan fingerprint density at radius 3 is 2.54 bits per heavy atom. The van der Waals surface area contributed by atoms with E-state index in [0.29, 0.717) is 37.6 Å². The van der Waals surface area contributed by atoms with E-state index in [2.05, 4.69) is 15.3 Å². The Bertz CT molecular complexity index is 889. The predicted molar refractivity (Wildman–Crippen MR) is 99.9 cm³/mol. The van der Waals surface area contributed by atoms with Crippen LogP contribution in [-0.4, -0.2) is 43.6 Å². The monoisotopic (exact) mass is 374 g/mol. The number of amides is 1. The summed E-state index contributed by atoms with van der Waals surface area (Å²) in [6, 6.07) is 6.88. The summed E-state index contributed by atoms with van der Waals surface area (Å²) in [5.74, 6) is 0.839. The van der Waals surface area contributed by atoms with Crippen LogP contribution in [0.25, 0.3) is 0 Å². The minimum Gasteiger partial charge on any atom is -0.355 e. The van der Waals surface area contributed by atoms with Crippen LogP contribution in [0.3, 0.4) is 0 Å². The highest BCUT2D eigenvalue weighted by Gasteiger charge is 2.28. The Labute approximate surface area is 153 Å². The van der Waals surface area contributed by atoms with E-state index in [4.69, 9.17) is 0 Å². The summed E-state index contributed by atoms with van der Waals surface area (Å²) in [6.45, 7) is 3.11. The van der Waals surface area contributed by atoms with Crippen molar-refractivity contribution in [2.24, 2.45) is 5.92 Å². The minimum atomic E-state index is -3.35. The fourth-order valence-corrected chi connectivity index (χ4v) is 3.87. The highest BCUT2D eigenvalue weighted by Crippen LogP contribution is 2.27. The van der Waals surface area contributed by atoms with Crippen LogP contribution in [0, 0.1) is 12.8 Å². The van der Waals surface area contributed by atoms with E-state index in [9.17, 15) is 13.2 Å². The third kappa shape index (κ3) is 4.19. The number of aromatic nitrogens is 2. The summed E-state index contributed by atoms with van der Waals surface area (Å²) < 4.78 is 23.9. The third-order valence-electron chi connectivity index (χ3n) is 4.48. The largest absolute Gasteiger partial charge is 0.355 e. The standard InChI is InChI=1S/C18H22N4O3S/c1-13-5-6-16(20-12-13)21-18(23)14-7-10-22(11-8-14)17-15(26(2,24)25)4-3-9-19-17/h3-6,9,12,14H,7-8,10-11H2,1-2H3,(H,20,21,23). The topological polar surface area (TPSA) is 92.3 Å². The maximum atomic E-state index is 12.4. The molecule has 0 saturated carbocycles. The normalized spacial score (nSPS) is 15.7. The summed E-state index contributed by atoms with van der Waals surface area (Å²) in [4.78, 5) is 23.1. The van der Waals surface area contributed by atoms with Gasteiger partial charge in [-0.3, -0.25) is 4.79 Å². The fraction of sp³-hybridized carbons (Fsp3) is 0.389. The minimum absolute atomic E-state index is 0.0506. The van der Waals surface area contributed by atoms with E-state index in [1.807, 2.05) is 17.9 Å². The number of sulfone groups is 1. The van der Waals surface area contributed by atoms with Crippen LogP contribution in [0.2, 0.25) is 0 Å². The molecule has 2 aromatic rings.